The standard InChI is InChI=1S/C30H36ClN3O4S/c1-6-26(29(36)32-30(3,4)5)33(20-23-12-8-7-9-13-23)28(35)21-34(27-15-11-10-14-25(27)31)39(37,38)24-18-16-22(2)17-19-24/h7-19,26H,6,20-21H2,1-5H3,(H,32,36). The maximum absolute atomic E-state index is 14.0. The summed E-state index contributed by atoms with van der Waals surface area (Å²) in [5, 5.41) is 3.15. The number of carbonyl (C=O) groups is 2. The number of nitrogens with one attached hydrogen (secondary N) is 1. The number of aryl methyl sites for hydroxylation is 1. The molecule has 3 aromatic carbocycles. The van der Waals surface area contributed by atoms with Crippen LogP contribution in [0.5, 0.6) is 0 Å². The van der Waals surface area contributed by atoms with Crippen molar-refractivity contribution in [2.24, 2.45) is 0 Å². The van der Waals surface area contributed by atoms with E-state index in [9.17, 15) is 18.0 Å². The molecule has 3 rings (SSSR count). The Morgan fingerprint density at radius 3 is 2.08 bits per heavy atom. The summed E-state index contributed by atoms with van der Waals surface area (Å²) in [6.45, 7) is 8.90. The molecule has 0 fully saturated rings. The van der Waals surface area contributed by atoms with E-state index < -0.39 is 34.1 Å². The first-order chi connectivity index (χ1) is 18.3. The molecule has 2 amide bonds. The van der Waals surface area contributed by atoms with Crippen molar-refractivity contribution in [3.05, 3.63) is 95.0 Å². The second-order valence-electron chi connectivity index (χ2n) is 10.4. The number of benzene rings is 3. The van der Waals surface area contributed by atoms with E-state index in [1.165, 1.54) is 17.0 Å². The number of amides is 2. The Bertz CT molecular complexity index is 1390. The van der Waals surface area contributed by atoms with Gasteiger partial charge in [-0.15, -0.1) is 0 Å². The van der Waals surface area contributed by atoms with Gasteiger partial charge in [0.05, 0.1) is 15.6 Å². The topological polar surface area (TPSA) is 86.8 Å². The van der Waals surface area contributed by atoms with Crippen LogP contribution < -0.4 is 9.62 Å². The fourth-order valence-electron chi connectivity index (χ4n) is 4.16. The summed E-state index contributed by atoms with van der Waals surface area (Å²) in [6.07, 6.45) is 0.345. The molecule has 7 nitrogen and oxygen atoms in total. The Labute approximate surface area is 236 Å². The Hall–Kier alpha value is -3.36. The van der Waals surface area contributed by atoms with Gasteiger partial charge in [0.25, 0.3) is 10.0 Å². The summed E-state index contributed by atoms with van der Waals surface area (Å²) in [7, 11) is -4.18. The van der Waals surface area contributed by atoms with Gasteiger partial charge in [0.2, 0.25) is 11.8 Å². The lowest BCUT2D eigenvalue weighted by atomic mass is 10.1. The highest BCUT2D eigenvalue weighted by molar-refractivity contribution is 7.92. The molecule has 0 aliphatic rings. The average Bonchev–Trinajstić information content (AvgIpc) is 2.87. The molecule has 0 saturated heterocycles. The van der Waals surface area contributed by atoms with Gasteiger partial charge in [-0.25, -0.2) is 8.42 Å². The first kappa shape index (κ1) is 30.2. The number of para-hydroxylation sites is 1. The minimum Gasteiger partial charge on any atom is -0.350 e. The van der Waals surface area contributed by atoms with E-state index in [1.54, 1.807) is 36.4 Å². The van der Waals surface area contributed by atoms with E-state index >= 15 is 0 Å². The third-order valence-electron chi connectivity index (χ3n) is 6.09. The van der Waals surface area contributed by atoms with Crippen LogP contribution >= 0.6 is 11.6 Å². The number of hydrogen-bond donors (Lipinski definition) is 1. The SMILES string of the molecule is CCC(C(=O)NC(C)(C)C)N(Cc1ccccc1)C(=O)CN(c1ccccc1Cl)S(=O)(=O)c1ccc(C)cc1. The second-order valence-corrected chi connectivity index (χ2v) is 12.7. The number of anilines is 1. The summed E-state index contributed by atoms with van der Waals surface area (Å²) < 4.78 is 28.8. The minimum atomic E-state index is -4.18. The molecule has 0 saturated carbocycles. The summed E-state index contributed by atoms with van der Waals surface area (Å²) >= 11 is 6.45. The first-order valence-electron chi connectivity index (χ1n) is 12.8. The third-order valence-corrected chi connectivity index (χ3v) is 8.18. The van der Waals surface area contributed by atoms with Crippen LogP contribution in [0.3, 0.4) is 0 Å². The Morgan fingerprint density at radius 2 is 1.51 bits per heavy atom. The molecule has 1 N–H and O–H groups in total. The van der Waals surface area contributed by atoms with E-state index in [1.807, 2.05) is 65.0 Å². The average molecular weight is 570 g/mol. The van der Waals surface area contributed by atoms with Gasteiger partial charge >= 0.3 is 0 Å². The molecular weight excluding hydrogens is 534 g/mol. The zero-order chi connectivity index (χ0) is 28.8. The number of nitrogens with zero attached hydrogens (tertiary/aromatic N) is 2. The summed E-state index contributed by atoms with van der Waals surface area (Å²) in [4.78, 5) is 28.9. The largest absolute Gasteiger partial charge is 0.350 e. The van der Waals surface area contributed by atoms with Gasteiger partial charge in [-0.1, -0.05) is 78.7 Å². The molecule has 0 bridgehead atoms. The van der Waals surface area contributed by atoms with E-state index in [2.05, 4.69) is 5.32 Å². The third kappa shape index (κ3) is 7.83. The number of hydrogen-bond acceptors (Lipinski definition) is 4. The number of sulfonamides is 1. The van der Waals surface area contributed by atoms with Crippen molar-refractivity contribution in [3.63, 3.8) is 0 Å². The zero-order valence-corrected chi connectivity index (χ0v) is 24.6. The van der Waals surface area contributed by atoms with Gasteiger partial charge in [-0.05, 0) is 63.9 Å². The summed E-state index contributed by atoms with van der Waals surface area (Å²) in [5.74, 6) is -0.828. The van der Waals surface area contributed by atoms with Crippen molar-refractivity contribution < 1.29 is 18.0 Å². The lowest BCUT2D eigenvalue weighted by Gasteiger charge is -2.35. The minimum absolute atomic E-state index is 0.0351. The van der Waals surface area contributed by atoms with Gasteiger partial charge in [-0.2, -0.15) is 0 Å². The van der Waals surface area contributed by atoms with E-state index in [0.29, 0.717) is 6.42 Å². The molecule has 1 atom stereocenters. The van der Waals surface area contributed by atoms with Gasteiger partial charge in [0.15, 0.2) is 0 Å². The molecule has 39 heavy (non-hydrogen) atoms. The molecule has 0 aliphatic carbocycles. The Kier molecular flexibility index (Phi) is 9.80. The van der Waals surface area contributed by atoms with Crippen LogP contribution in [0.1, 0.15) is 45.2 Å². The van der Waals surface area contributed by atoms with E-state index in [-0.39, 0.29) is 28.1 Å². The summed E-state index contributed by atoms with van der Waals surface area (Å²) in [5.41, 5.74) is 1.39. The van der Waals surface area contributed by atoms with Crippen molar-refractivity contribution in [2.45, 2.75) is 64.1 Å². The maximum atomic E-state index is 14.0. The second kappa shape index (κ2) is 12.7. The molecule has 0 heterocycles. The maximum Gasteiger partial charge on any atom is 0.264 e. The van der Waals surface area contributed by atoms with Crippen LogP contribution in [0, 0.1) is 6.92 Å². The fourth-order valence-corrected chi connectivity index (χ4v) is 5.88. The number of halogens is 1. The monoisotopic (exact) mass is 569 g/mol. The highest BCUT2D eigenvalue weighted by Gasteiger charge is 2.35. The lowest BCUT2D eigenvalue weighted by Crippen LogP contribution is -2.55. The number of carbonyl (C=O) groups excluding carboxylic acids is 2. The molecule has 3 aromatic rings. The van der Waals surface area contributed by atoms with Gasteiger partial charge in [-0.3, -0.25) is 13.9 Å². The van der Waals surface area contributed by atoms with E-state index in [4.69, 9.17) is 11.6 Å². The van der Waals surface area contributed by atoms with Crippen molar-refractivity contribution in [2.75, 3.05) is 10.8 Å². The van der Waals surface area contributed by atoms with Gasteiger partial charge < -0.3 is 10.2 Å². The highest BCUT2D eigenvalue weighted by Crippen LogP contribution is 2.31. The van der Waals surface area contributed by atoms with Crippen molar-refractivity contribution in [1.82, 2.24) is 10.2 Å². The molecule has 208 valence electrons. The van der Waals surface area contributed by atoms with Crippen LogP contribution in [-0.2, 0) is 26.2 Å². The molecule has 9 heteroatoms. The Morgan fingerprint density at radius 1 is 0.923 bits per heavy atom. The lowest BCUT2D eigenvalue weighted by molar-refractivity contribution is -0.141. The molecule has 0 aliphatic heterocycles. The van der Waals surface area contributed by atoms with Crippen LogP contribution in [0.4, 0.5) is 5.69 Å². The summed E-state index contributed by atoms with van der Waals surface area (Å²) in [6, 6.07) is 21.4. The zero-order valence-electron chi connectivity index (χ0n) is 23.0. The Balaban J connectivity index is 2.07. The predicted molar refractivity (Wildman–Crippen MR) is 156 cm³/mol. The molecular formula is C30H36ClN3O4S. The molecule has 1 unspecified atom stereocenters. The van der Waals surface area contributed by atoms with Gasteiger partial charge in [0, 0.05) is 12.1 Å². The van der Waals surface area contributed by atoms with E-state index in [0.717, 1.165) is 15.4 Å². The van der Waals surface area contributed by atoms with Crippen molar-refractivity contribution in [1.29, 1.82) is 0 Å². The van der Waals surface area contributed by atoms with Crippen LogP contribution in [0.2, 0.25) is 5.02 Å². The van der Waals surface area contributed by atoms with Crippen molar-refractivity contribution >= 4 is 39.1 Å². The molecule has 0 radical (unpaired) electrons. The number of rotatable bonds is 10. The first-order valence-corrected chi connectivity index (χ1v) is 14.6. The van der Waals surface area contributed by atoms with Crippen molar-refractivity contribution in [3.8, 4) is 0 Å². The quantitative estimate of drug-likeness (QED) is 0.346. The molecule has 0 spiro atoms. The molecule has 0 aromatic heterocycles. The predicted octanol–water partition coefficient (Wildman–Crippen LogP) is 5.57. The van der Waals surface area contributed by atoms with Crippen LogP contribution in [-0.4, -0.2) is 43.3 Å². The normalized spacial score (nSPS) is 12.5. The fraction of sp³-hybridized carbons (Fsp3) is 0.333. The van der Waals surface area contributed by atoms with Crippen LogP contribution in [0.25, 0.3) is 0 Å². The highest BCUT2D eigenvalue weighted by atomic mass is 35.5. The van der Waals surface area contributed by atoms with Crippen LogP contribution in [0.15, 0.2) is 83.8 Å². The smallest absolute Gasteiger partial charge is 0.264 e. The van der Waals surface area contributed by atoms with Gasteiger partial charge in [0.1, 0.15) is 12.6 Å².